The van der Waals surface area contributed by atoms with Crippen molar-refractivity contribution in [3.63, 3.8) is 0 Å². The number of furan rings is 1. The fourth-order valence-electron chi connectivity index (χ4n) is 3.56. The number of Topliss-reactive ketones (excluding diaryl/α,β-unsaturated/α-hetero) is 1. The highest BCUT2D eigenvalue weighted by atomic mass is 32.2. The second-order valence-electron chi connectivity index (χ2n) is 7.98. The van der Waals surface area contributed by atoms with Gasteiger partial charge in [-0.25, -0.2) is 12.7 Å². The van der Waals surface area contributed by atoms with Gasteiger partial charge in [-0.15, -0.1) is 0 Å². The number of ketones is 1. The van der Waals surface area contributed by atoms with E-state index in [4.69, 9.17) is 4.42 Å². The first-order valence-corrected chi connectivity index (χ1v) is 11.5. The number of carbonyl (C=O) groups is 2. The van der Waals surface area contributed by atoms with Gasteiger partial charge in [0.2, 0.25) is 10.0 Å². The van der Waals surface area contributed by atoms with Gasteiger partial charge >= 0.3 is 0 Å². The predicted molar refractivity (Wildman–Crippen MR) is 118 cm³/mol. The smallest absolute Gasteiger partial charge is 0.295 e. The van der Waals surface area contributed by atoms with E-state index in [1.807, 2.05) is 19.0 Å². The number of sulfonamides is 1. The summed E-state index contributed by atoms with van der Waals surface area (Å²) in [7, 11) is 3.03. The lowest BCUT2D eigenvalue weighted by atomic mass is 9.99. The van der Waals surface area contributed by atoms with Crippen LogP contribution in [0.15, 0.2) is 57.5 Å². The Hall–Kier alpha value is -2.95. The second-order valence-corrected chi connectivity index (χ2v) is 10.1. The average molecular weight is 462 g/mol. The van der Waals surface area contributed by atoms with E-state index in [0.717, 1.165) is 10.8 Å². The molecule has 172 valence electrons. The summed E-state index contributed by atoms with van der Waals surface area (Å²) in [5, 5.41) is 11.0. The molecule has 1 aliphatic rings. The molecule has 9 nitrogen and oxygen atoms in total. The van der Waals surface area contributed by atoms with E-state index in [9.17, 15) is 23.1 Å². The molecule has 2 aromatic rings. The maximum atomic E-state index is 12.9. The number of amides is 1. The van der Waals surface area contributed by atoms with Crippen LogP contribution in [0.3, 0.4) is 0 Å². The zero-order chi connectivity index (χ0) is 23.6. The number of carbonyl (C=O) groups excluding carboxylic acids is 2. The molecular weight excluding hydrogens is 434 g/mol. The van der Waals surface area contributed by atoms with Gasteiger partial charge in [0, 0.05) is 26.2 Å². The normalized spacial score (nSPS) is 18.8. The van der Waals surface area contributed by atoms with Crippen molar-refractivity contribution in [3.8, 4) is 0 Å². The Labute approximate surface area is 187 Å². The Morgan fingerprint density at radius 1 is 1.09 bits per heavy atom. The summed E-state index contributed by atoms with van der Waals surface area (Å²) in [5.74, 6) is -1.53. The van der Waals surface area contributed by atoms with Gasteiger partial charge in [-0.2, -0.15) is 0 Å². The topological polar surface area (TPSA) is 111 Å². The lowest BCUT2D eigenvalue weighted by molar-refractivity contribution is -0.140. The van der Waals surface area contributed by atoms with Crippen molar-refractivity contribution in [2.75, 3.05) is 41.3 Å². The number of hydrogen-bond donors (Lipinski definition) is 1. The number of aliphatic hydroxyl groups is 1. The van der Waals surface area contributed by atoms with Crippen LogP contribution in [0.25, 0.3) is 5.76 Å². The van der Waals surface area contributed by atoms with E-state index < -0.39 is 27.8 Å². The van der Waals surface area contributed by atoms with E-state index in [1.54, 1.807) is 12.1 Å². The zero-order valence-electron chi connectivity index (χ0n) is 18.5. The highest BCUT2D eigenvalue weighted by Crippen LogP contribution is 2.39. The molecule has 0 spiro atoms. The minimum Gasteiger partial charge on any atom is -0.507 e. The Morgan fingerprint density at radius 3 is 2.28 bits per heavy atom. The monoisotopic (exact) mass is 461 g/mol. The van der Waals surface area contributed by atoms with Crippen molar-refractivity contribution in [1.29, 1.82) is 0 Å². The lowest BCUT2D eigenvalue weighted by Gasteiger charge is -2.24. The zero-order valence-corrected chi connectivity index (χ0v) is 19.3. The minimum absolute atomic E-state index is 0.0470. The lowest BCUT2D eigenvalue weighted by Crippen LogP contribution is -2.32. The Bertz CT molecular complexity index is 1120. The van der Waals surface area contributed by atoms with Crippen LogP contribution in [-0.4, -0.2) is 80.6 Å². The number of benzene rings is 1. The van der Waals surface area contributed by atoms with Gasteiger partial charge < -0.3 is 19.3 Å². The van der Waals surface area contributed by atoms with Gasteiger partial charge in [-0.05, 0) is 63.5 Å². The standard InChI is InChI=1S/C22H27N3O6S/c1-23(2)12-6-13-25-19(17-7-5-14-31-17)18(21(27)22(25)28)20(26)15-8-10-16(11-9-15)32(29,30)24(3)4/h5,7-11,14,19,26H,6,12-13H2,1-4H3/t19-/m1/s1. The highest BCUT2D eigenvalue weighted by Gasteiger charge is 2.47. The van der Waals surface area contributed by atoms with E-state index in [1.165, 1.54) is 49.5 Å². The van der Waals surface area contributed by atoms with E-state index in [0.29, 0.717) is 18.7 Å². The van der Waals surface area contributed by atoms with Crippen LogP contribution >= 0.6 is 0 Å². The van der Waals surface area contributed by atoms with Gasteiger partial charge in [-0.3, -0.25) is 9.59 Å². The van der Waals surface area contributed by atoms with Gasteiger partial charge in [-0.1, -0.05) is 0 Å². The summed E-state index contributed by atoms with van der Waals surface area (Å²) in [6.45, 7) is 1.03. The van der Waals surface area contributed by atoms with Crippen LogP contribution in [0, 0.1) is 0 Å². The molecule has 1 atom stereocenters. The maximum Gasteiger partial charge on any atom is 0.295 e. The molecule has 0 bridgehead atoms. The fourth-order valence-corrected chi connectivity index (χ4v) is 4.46. The summed E-state index contributed by atoms with van der Waals surface area (Å²) in [6.07, 6.45) is 2.07. The molecule has 1 amide bonds. The van der Waals surface area contributed by atoms with Crippen molar-refractivity contribution in [1.82, 2.24) is 14.1 Å². The first-order valence-electron chi connectivity index (χ1n) is 10.0. The number of rotatable bonds is 8. The molecule has 1 saturated heterocycles. The van der Waals surface area contributed by atoms with Crippen molar-refractivity contribution >= 4 is 27.5 Å². The molecule has 1 fully saturated rings. The number of aliphatic hydroxyl groups excluding tert-OH is 1. The molecule has 2 heterocycles. The maximum absolute atomic E-state index is 12.9. The summed E-state index contributed by atoms with van der Waals surface area (Å²) in [5.41, 5.74) is 0.142. The molecule has 1 aromatic heterocycles. The largest absolute Gasteiger partial charge is 0.507 e. The van der Waals surface area contributed by atoms with E-state index >= 15 is 0 Å². The third-order valence-electron chi connectivity index (χ3n) is 5.26. The molecule has 1 N–H and O–H groups in total. The summed E-state index contributed by atoms with van der Waals surface area (Å²) in [4.78, 5) is 29.1. The Balaban J connectivity index is 2.03. The van der Waals surface area contributed by atoms with Crippen molar-refractivity contribution < 1.29 is 27.5 Å². The molecule has 0 unspecified atom stereocenters. The van der Waals surface area contributed by atoms with Gasteiger partial charge in [0.1, 0.15) is 17.6 Å². The van der Waals surface area contributed by atoms with Crippen molar-refractivity contribution in [2.24, 2.45) is 0 Å². The summed E-state index contributed by atoms with van der Waals surface area (Å²) in [6, 6.07) is 7.94. The van der Waals surface area contributed by atoms with Crippen molar-refractivity contribution in [2.45, 2.75) is 17.4 Å². The van der Waals surface area contributed by atoms with Crippen LogP contribution in [0.1, 0.15) is 23.8 Å². The average Bonchev–Trinajstić information content (AvgIpc) is 3.35. The SMILES string of the molecule is CN(C)CCCN1C(=O)C(=O)C(=C(O)c2ccc(S(=O)(=O)N(C)C)cc2)[C@H]1c1ccco1. The number of hydrogen-bond acceptors (Lipinski definition) is 7. The van der Waals surface area contributed by atoms with Gasteiger partial charge in [0.25, 0.3) is 11.7 Å². The molecule has 0 radical (unpaired) electrons. The van der Waals surface area contributed by atoms with Crippen LogP contribution in [0.4, 0.5) is 0 Å². The van der Waals surface area contributed by atoms with Crippen LogP contribution in [0.2, 0.25) is 0 Å². The molecule has 0 saturated carbocycles. The fraction of sp³-hybridized carbons (Fsp3) is 0.364. The molecule has 32 heavy (non-hydrogen) atoms. The second kappa shape index (κ2) is 9.27. The molecule has 0 aliphatic carbocycles. The molecule has 1 aromatic carbocycles. The molecule has 3 rings (SSSR count). The number of nitrogens with zero attached hydrogens (tertiary/aromatic N) is 3. The van der Waals surface area contributed by atoms with Crippen LogP contribution < -0.4 is 0 Å². The Kier molecular flexibility index (Phi) is 6.87. The third-order valence-corrected chi connectivity index (χ3v) is 7.09. The first-order chi connectivity index (χ1) is 15.1. The molecule has 1 aliphatic heterocycles. The van der Waals surface area contributed by atoms with Gasteiger partial charge in [0.15, 0.2) is 0 Å². The van der Waals surface area contributed by atoms with Crippen molar-refractivity contribution in [3.05, 3.63) is 59.6 Å². The first kappa shape index (κ1) is 23.7. The van der Waals surface area contributed by atoms with E-state index in [2.05, 4.69) is 0 Å². The van der Waals surface area contributed by atoms with Crippen LogP contribution in [0.5, 0.6) is 0 Å². The van der Waals surface area contributed by atoms with Crippen LogP contribution in [-0.2, 0) is 19.6 Å². The van der Waals surface area contributed by atoms with Gasteiger partial charge in [0.05, 0.1) is 16.7 Å². The summed E-state index contributed by atoms with van der Waals surface area (Å²) >= 11 is 0. The third kappa shape index (κ3) is 4.47. The molecular formula is C22H27N3O6S. The van der Waals surface area contributed by atoms with E-state index in [-0.39, 0.29) is 21.8 Å². The quantitative estimate of drug-likeness (QED) is 0.363. The Morgan fingerprint density at radius 2 is 1.75 bits per heavy atom. The molecule has 10 heteroatoms. The number of likely N-dealkylation sites (tertiary alicyclic amines) is 1. The summed E-state index contributed by atoms with van der Waals surface area (Å²) < 4.78 is 31.2. The minimum atomic E-state index is -3.64. The predicted octanol–water partition coefficient (Wildman–Crippen LogP) is 1.90. The highest BCUT2D eigenvalue weighted by molar-refractivity contribution is 7.89.